The van der Waals surface area contributed by atoms with Crippen molar-refractivity contribution < 1.29 is 0 Å². The van der Waals surface area contributed by atoms with Gasteiger partial charge in [0.1, 0.15) is 0 Å². The molecule has 0 bridgehead atoms. The van der Waals surface area contributed by atoms with Gasteiger partial charge in [-0.25, -0.2) is 0 Å². The Morgan fingerprint density at radius 1 is 0.203 bits per heavy atom. The number of benzene rings is 13. The first-order valence-corrected chi connectivity index (χ1v) is 25.6. The monoisotopic (exact) mass is 938 g/mol. The highest BCUT2D eigenvalue weighted by Gasteiger charge is 2.24. The minimum atomic E-state index is 1.10. The van der Waals surface area contributed by atoms with Gasteiger partial charge >= 0.3 is 0 Å². The van der Waals surface area contributed by atoms with Crippen LogP contribution in [0.1, 0.15) is 0 Å². The summed E-state index contributed by atoms with van der Waals surface area (Å²) < 4.78 is 4.91. The molecule has 0 fully saturated rings. The predicted octanol–water partition coefficient (Wildman–Crippen LogP) is 19.6. The molecule has 2 aromatic heterocycles. The van der Waals surface area contributed by atoms with Gasteiger partial charge in [-0.15, -0.1) is 0 Å². The van der Waals surface area contributed by atoms with Gasteiger partial charge in [0.15, 0.2) is 0 Å². The van der Waals surface area contributed by atoms with E-state index in [0.717, 1.165) is 34.2 Å². The molecule has 2 heterocycles. The highest BCUT2D eigenvalue weighted by molar-refractivity contribution is 6.35. The molecule has 0 spiro atoms. The van der Waals surface area contributed by atoms with E-state index in [4.69, 9.17) is 0 Å². The van der Waals surface area contributed by atoms with E-state index in [2.05, 4.69) is 288 Å². The normalized spacial score (nSPS) is 11.8. The number of hydrogen-bond acceptors (Lipinski definition) is 0. The van der Waals surface area contributed by atoms with Gasteiger partial charge < -0.3 is 9.13 Å². The van der Waals surface area contributed by atoms with Crippen LogP contribution in [0.5, 0.6) is 0 Å². The molecule has 0 aliphatic heterocycles. The molecule has 13 aromatic carbocycles. The van der Waals surface area contributed by atoms with Crippen LogP contribution in [0.3, 0.4) is 0 Å². The number of aromatic nitrogens is 2. The minimum absolute atomic E-state index is 1.10. The molecule has 0 saturated carbocycles. The maximum absolute atomic E-state index is 2.47. The third kappa shape index (κ3) is 6.52. The largest absolute Gasteiger partial charge is 0.309 e. The topological polar surface area (TPSA) is 9.86 Å². The standard InChI is InChI=1S/C72H46N2/c1-6-19-47(20-7-1)65-41-42-66(48-21-8-2-9-22-48)73(65)53-36-38-62-63(45-53)70(51-27-14-5-15-28-51)61-37-35-54(74-67(49-23-10-3-11-24-49)43-44-68(74)50-25-12-4-13-26-50)46-64(61)72(62)60-40-39-59-56-32-17-30-52-29-16-31-55(69(52)56)57-33-18-34-58(60)71(57)59/h1-46H. The molecule has 2 heteroatoms. The quantitative estimate of drug-likeness (QED) is 0.106. The van der Waals surface area contributed by atoms with Crippen molar-refractivity contribution in [1.29, 1.82) is 0 Å². The van der Waals surface area contributed by atoms with Crippen LogP contribution in [0.15, 0.2) is 279 Å². The van der Waals surface area contributed by atoms with E-state index in [1.807, 2.05) is 0 Å². The molecular formula is C72H46N2. The summed E-state index contributed by atoms with van der Waals surface area (Å²) >= 11 is 0. The van der Waals surface area contributed by atoms with E-state index < -0.39 is 0 Å². The Morgan fingerprint density at radius 2 is 0.554 bits per heavy atom. The van der Waals surface area contributed by atoms with Crippen LogP contribution in [0.4, 0.5) is 0 Å². The van der Waals surface area contributed by atoms with E-state index in [0.29, 0.717) is 0 Å². The van der Waals surface area contributed by atoms with Gasteiger partial charge in [-0.3, -0.25) is 0 Å². The molecule has 2 nitrogen and oxygen atoms in total. The summed E-state index contributed by atoms with van der Waals surface area (Å²) in [6, 6.07) is 103. The maximum atomic E-state index is 2.47. The van der Waals surface area contributed by atoms with Gasteiger partial charge in [-0.05, 0) is 158 Å². The fourth-order valence-electron chi connectivity index (χ4n) is 12.3. The Labute approximate surface area is 429 Å². The smallest absolute Gasteiger partial charge is 0.0535 e. The second kappa shape index (κ2) is 16.9. The van der Waals surface area contributed by atoms with Crippen LogP contribution in [-0.4, -0.2) is 9.13 Å². The average molecular weight is 939 g/mol. The lowest BCUT2D eigenvalue weighted by Gasteiger charge is -2.23. The Kier molecular flexibility index (Phi) is 9.61. The minimum Gasteiger partial charge on any atom is -0.309 e. The van der Waals surface area contributed by atoms with Gasteiger partial charge in [0, 0.05) is 11.4 Å². The average Bonchev–Trinajstić information content (AvgIpc) is 4.15. The molecular weight excluding hydrogens is 893 g/mol. The zero-order valence-electron chi connectivity index (χ0n) is 40.5. The van der Waals surface area contributed by atoms with Gasteiger partial charge in [-0.1, -0.05) is 231 Å². The van der Waals surface area contributed by atoms with Crippen LogP contribution < -0.4 is 0 Å². The number of nitrogens with zero attached hydrogens (tertiary/aromatic N) is 2. The van der Waals surface area contributed by atoms with E-state index in [9.17, 15) is 0 Å². The summed E-state index contributed by atoms with van der Waals surface area (Å²) in [7, 11) is 0. The number of rotatable bonds is 8. The van der Waals surface area contributed by atoms with Gasteiger partial charge in [0.2, 0.25) is 0 Å². The third-order valence-corrected chi connectivity index (χ3v) is 15.5. The van der Waals surface area contributed by atoms with Crippen molar-refractivity contribution >= 4 is 64.6 Å². The molecule has 0 N–H and O–H groups in total. The SMILES string of the molecule is c1ccc(-c2c3cc(-n4c(-c5ccccc5)ccc4-c4ccccc4)ccc3c(-c3ccc4c5cccc6cccc(c7cccc3c74)c65)c3cc(-n4c(-c5ccccc5)ccc4-c4ccccc4)ccc23)cc1. The zero-order chi connectivity index (χ0) is 48.7. The van der Waals surface area contributed by atoms with Gasteiger partial charge in [-0.2, -0.15) is 0 Å². The van der Waals surface area contributed by atoms with E-state index in [1.54, 1.807) is 0 Å². The Morgan fingerprint density at radius 3 is 1.01 bits per heavy atom. The lowest BCUT2D eigenvalue weighted by atomic mass is 9.82. The highest BCUT2D eigenvalue weighted by atomic mass is 15.0. The van der Waals surface area contributed by atoms with Crippen molar-refractivity contribution in [1.82, 2.24) is 9.13 Å². The Bertz CT molecular complexity index is 4440. The lowest BCUT2D eigenvalue weighted by Crippen LogP contribution is -2.02. The molecule has 74 heavy (non-hydrogen) atoms. The lowest BCUT2D eigenvalue weighted by molar-refractivity contribution is 1.10. The molecule has 0 aliphatic rings. The molecule has 15 aromatic rings. The summed E-state index contributed by atoms with van der Waals surface area (Å²) in [6.07, 6.45) is 0. The summed E-state index contributed by atoms with van der Waals surface area (Å²) in [5.74, 6) is 0. The Balaban J connectivity index is 1.09. The van der Waals surface area contributed by atoms with Gasteiger partial charge in [0.05, 0.1) is 22.8 Å². The van der Waals surface area contributed by atoms with Crippen LogP contribution in [0, 0.1) is 0 Å². The van der Waals surface area contributed by atoms with Gasteiger partial charge in [0.25, 0.3) is 0 Å². The van der Waals surface area contributed by atoms with E-state index in [1.165, 1.54) is 109 Å². The second-order valence-corrected chi connectivity index (χ2v) is 19.5. The molecule has 15 rings (SSSR count). The van der Waals surface area contributed by atoms with E-state index >= 15 is 0 Å². The molecule has 0 atom stereocenters. The Hall–Kier alpha value is -9.76. The van der Waals surface area contributed by atoms with Crippen molar-refractivity contribution in [2.75, 3.05) is 0 Å². The van der Waals surface area contributed by atoms with E-state index in [-0.39, 0.29) is 0 Å². The van der Waals surface area contributed by atoms with Crippen LogP contribution in [0.2, 0.25) is 0 Å². The molecule has 0 aliphatic carbocycles. The van der Waals surface area contributed by atoms with Crippen molar-refractivity contribution in [3.63, 3.8) is 0 Å². The molecule has 344 valence electrons. The number of hydrogen-bond donors (Lipinski definition) is 0. The van der Waals surface area contributed by atoms with Crippen molar-refractivity contribution in [3.8, 4) is 78.7 Å². The van der Waals surface area contributed by atoms with Crippen molar-refractivity contribution in [3.05, 3.63) is 279 Å². The summed E-state index contributed by atoms with van der Waals surface area (Å²) in [4.78, 5) is 0. The first-order chi connectivity index (χ1) is 36.7. The summed E-state index contributed by atoms with van der Waals surface area (Å²) in [6.45, 7) is 0. The predicted molar refractivity (Wildman–Crippen MR) is 314 cm³/mol. The van der Waals surface area contributed by atoms with Crippen LogP contribution in [-0.2, 0) is 0 Å². The first-order valence-electron chi connectivity index (χ1n) is 25.6. The molecule has 0 amide bonds. The highest BCUT2D eigenvalue weighted by Crippen LogP contribution is 2.50. The summed E-state index contributed by atoms with van der Waals surface area (Å²) in [5, 5.41) is 15.1. The van der Waals surface area contributed by atoms with Crippen LogP contribution in [0.25, 0.3) is 143 Å². The third-order valence-electron chi connectivity index (χ3n) is 15.5. The summed E-state index contributed by atoms with van der Waals surface area (Å²) in [5.41, 5.74) is 16.3. The molecule has 0 radical (unpaired) electrons. The second-order valence-electron chi connectivity index (χ2n) is 19.5. The van der Waals surface area contributed by atoms with Crippen LogP contribution >= 0.6 is 0 Å². The maximum Gasteiger partial charge on any atom is 0.0535 e. The first kappa shape index (κ1) is 42.0. The van der Waals surface area contributed by atoms with Crippen molar-refractivity contribution in [2.24, 2.45) is 0 Å². The zero-order valence-corrected chi connectivity index (χ0v) is 40.5. The molecule has 0 unspecified atom stereocenters. The molecule has 0 saturated heterocycles. The fraction of sp³-hybridized carbons (Fsp3) is 0. The fourth-order valence-corrected chi connectivity index (χ4v) is 12.3. The van der Waals surface area contributed by atoms with Crippen molar-refractivity contribution in [2.45, 2.75) is 0 Å². The number of fused-ring (bicyclic) bond motifs is 4.